The van der Waals surface area contributed by atoms with Crippen molar-refractivity contribution in [2.24, 2.45) is 0 Å². The van der Waals surface area contributed by atoms with Gasteiger partial charge in [-0.05, 0) is 25.0 Å². The van der Waals surface area contributed by atoms with Crippen molar-refractivity contribution >= 4 is 30.8 Å². The molecule has 112 valence electrons. The Morgan fingerprint density at radius 1 is 1.29 bits per heavy atom. The van der Waals surface area contributed by atoms with Crippen molar-refractivity contribution in [3.8, 4) is 5.69 Å². The molecule has 0 aliphatic heterocycles. The van der Waals surface area contributed by atoms with Crippen molar-refractivity contribution in [2.75, 3.05) is 0 Å². The second-order valence-electron chi connectivity index (χ2n) is 5.00. The standard InChI is InChI=1S/C12H12Cl2N3O3P/c13-8-2-1-3-9(14)12(8)17-10(6-21(18,19)20)11(15-16-17)7-4-5-7/h1-3,7H,4-6H2,(H2,18,19,20). The highest BCUT2D eigenvalue weighted by Crippen LogP contribution is 2.46. The van der Waals surface area contributed by atoms with E-state index >= 15 is 0 Å². The number of rotatable bonds is 4. The molecule has 2 N–H and O–H groups in total. The van der Waals surface area contributed by atoms with E-state index in [-0.39, 0.29) is 5.92 Å². The summed E-state index contributed by atoms with van der Waals surface area (Å²) in [5.74, 6) is 0.210. The second kappa shape index (κ2) is 5.38. The van der Waals surface area contributed by atoms with Crippen LogP contribution in [0.4, 0.5) is 0 Å². The zero-order valence-corrected chi connectivity index (χ0v) is 13.2. The van der Waals surface area contributed by atoms with Crippen molar-refractivity contribution in [2.45, 2.75) is 24.9 Å². The smallest absolute Gasteiger partial charge is 0.324 e. The molecule has 1 aliphatic carbocycles. The first-order valence-corrected chi connectivity index (χ1v) is 8.85. The number of halogens is 2. The van der Waals surface area contributed by atoms with Crippen LogP contribution in [0.15, 0.2) is 18.2 Å². The number of nitrogens with zero attached hydrogens (tertiary/aromatic N) is 3. The van der Waals surface area contributed by atoms with E-state index in [2.05, 4.69) is 10.3 Å². The van der Waals surface area contributed by atoms with Gasteiger partial charge in [0.2, 0.25) is 0 Å². The zero-order chi connectivity index (χ0) is 15.2. The largest absolute Gasteiger partial charge is 0.331 e. The minimum atomic E-state index is -4.26. The average molecular weight is 348 g/mol. The summed E-state index contributed by atoms with van der Waals surface area (Å²) in [7, 11) is -4.26. The Kier molecular flexibility index (Phi) is 3.84. The topological polar surface area (TPSA) is 88.2 Å². The molecule has 0 atom stereocenters. The van der Waals surface area contributed by atoms with E-state index in [4.69, 9.17) is 23.2 Å². The van der Waals surface area contributed by atoms with Gasteiger partial charge in [-0.2, -0.15) is 0 Å². The third kappa shape index (κ3) is 3.15. The van der Waals surface area contributed by atoms with Crippen LogP contribution in [0, 0.1) is 0 Å². The highest BCUT2D eigenvalue weighted by atomic mass is 35.5. The molecule has 9 heteroatoms. The molecular weight excluding hydrogens is 336 g/mol. The molecule has 3 rings (SSSR count). The number of benzene rings is 1. The summed E-state index contributed by atoms with van der Waals surface area (Å²) in [5.41, 5.74) is 1.39. The summed E-state index contributed by atoms with van der Waals surface area (Å²) in [4.78, 5) is 18.6. The minimum Gasteiger partial charge on any atom is -0.324 e. The van der Waals surface area contributed by atoms with E-state index in [1.807, 2.05) is 0 Å². The molecule has 0 bridgehead atoms. The van der Waals surface area contributed by atoms with Gasteiger partial charge >= 0.3 is 7.60 Å². The fraction of sp³-hybridized carbons (Fsp3) is 0.333. The molecule has 1 aliphatic rings. The first kappa shape index (κ1) is 15.0. The van der Waals surface area contributed by atoms with Gasteiger partial charge in [-0.25, -0.2) is 4.68 Å². The van der Waals surface area contributed by atoms with Gasteiger partial charge in [-0.15, -0.1) is 5.10 Å². The van der Waals surface area contributed by atoms with Crippen LogP contribution in [0.25, 0.3) is 5.69 Å². The lowest BCUT2D eigenvalue weighted by Gasteiger charge is -2.11. The molecule has 2 aromatic rings. The SMILES string of the molecule is O=P(O)(O)Cc1c(C2CC2)nnn1-c1c(Cl)cccc1Cl. The van der Waals surface area contributed by atoms with E-state index in [0.29, 0.717) is 27.1 Å². The van der Waals surface area contributed by atoms with Gasteiger partial charge in [0, 0.05) is 5.92 Å². The third-order valence-electron chi connectivity index (χ3n) is 3.26. The molecule has 1 saturated carbocycles. The molecule has 1 aromatic heterocycles. The molecule has 6 nitrogen and oxygen atoms in total. The van der Waals surface area contributed by atoms with Crippen molar-refractivity contribution in [3.05, 3.63) is 39.6 Å². The van der Waals surface area contributed by atoms with E-state index in [0.717, 1.165) is 12.8 Å². The van der Waals surface area contributed by atoms with Crippen LogP contribution in [0.2, 0.25) is 10.0 Å². The molecule has 21 heavy (non-hydrogen) atoms. The fourth-order valence-corrected chi connectivity index (χ4v) is 3.44. The fourth-order valence-electron chi connectivity index (χ4n) is 2.20. The Balaban J connectivity index is 2.16. The second-order valence-corrected chi connectivity index (χ2v) is 7.46. The van der Waals surface area contributed by atoms with Crippen molar-refractivity contribution < 1.29 is 14.4 Å². The summed E-state index contributed by atoms with van der Waals surface area (Å²) < 4.78 is 12.8. The molecule has 0 amide bonds. The number of para-hydroxylation sites is 1. The molecule has 0 spiro atoms. The van der Waals surface area contributed by atoms with Gasteiger partial charge in [0.15, 0.2) is 0 Å². The van der Waals surface area contributed by atoms with Crippen molar-refractivity contribution in [1.29, 1.82) is 0 Å². The zero-order valence-electron chi connectivity index (χ0n) is 10.8. The monoisotopic (exact) mass is 347 g/mol. The third-order valence-corrected chi connectivity index (χ3v) is 4.58. The van der Waals surface area contributed by atoms with Crippen molar-refractivity contribution in [1.82, 2.24) is 15.0 Å². The Morgan fingerprint density at radius 3 is 2.43 bits per heavy atom. The van der Waals surface area contributed by atoms with Crippen LogP contribution in [0.1, 0.15) is 30.1 Å². The van der Waals surface area contributed by atoms with Crippen LogP contribution >= 0.6 is 30.8 Å². The number of aromatic nitrogens is 3. The molecule has 0 unspecified atom stereocenters. The molecule has 1 aromatic carbocycles. The summed E-state index contributed by atoms with van der Waals surface area (Å²) in [6.07, 6.45) is 1.46. The maximum absolute atomic E-state index is 11.4. The van der Waals surface area contributed by atoms with Gasteiger partial charge in [0.05, 0.1) is 27.6 Å². The van der Waals surface area contributed by atoms with Gasteiger partial charge < -0.3 is 9.79 Å². The normalized spacial score (nSPS) is 15.4. The summed E-state index contributed by atoms with van der Waals surface area (Å²) in [6, 6.07) is 4.97. The Bertz CT molecular complexity index is 719. The Labute approximate surface area is 130 Å². The lowest BCUT2D eigenvalue weighted by Crippen LogP contribution is -2.05. The number of hydrogen-bond acceptors (Lipinski definition) is 3. The minimum absolute atomic E-state index is 0.210. The predicted octanol–water partition coefficient (Wildman–Crippen LogP) is 3.13. The predicted molar refractivity (Wildman–Crippen MR) is 79.1 cm³/mol. The molecule has 0 saturated heterocycles. The first-order chi connectivity index (χ1) is 9.87. The van der Waals surface area contributed by atoms with Crippen LogP contribution in [-0.2, 0) is 10.7 Å². The van der Waals surface area contributed by atoms with Gasteiger partial charge in [0.1, 0.15) is 5.69 Å². The Morgan fingerprint density at radius 2 is 1.90 bits per heavy atom. The maximum Gasteiger partial charge on any atom is 0.331 e. The van der Waals surface area contributed by atoms with Crippen LogP contribution < -0.4 is 0 Å². The average Bonchev–Trinajstić information content (AvgIpc) is 3.12. The highest BCUT2D eigenvalue weighted by molar-refractivity contribution is 7.50. The van der Waals surface area contributed by atoms with E-state index in [1.165, 1.54) is 4.68 Å². The first-order valence-electron chi connectivity index (χ1n) is 6.30. The summed E-state index contributed by atoms with van der Waals surface area (Å²) >= 11 is 12.3. The van der Waals surface area contributed by atoms with E-state index in [1.54, 1.807) is 18.2 Å². The molecule has 1 fully saturated rings. The molecular formula is C12H12Cl2N3O3P. The lowest BCUT2D eigenvalue weighted by atomic mass is 10.2. The van der Waals surface area contributed by atoms with Gasteiger partial charge in [-0.1, -0.05) is 34.5 Å². The lowest BCUT2D eigenvalue weighted by molar-refractivity contribution is 0.370. The van der Waals surface area contributed by atoms with E-state index < -0.39 is 13.8 Å². The van der Waals surface area contributed by atoms with Crippen LogP contribution in [0.3, 0.4) is 0 Å². The van der Waals surface area contributed by atoms with Gasteiger partial charge in [-0.3, -0.25) is 4.57 Å². The number of hydrogen-bond donors (Lipinski definition) is 2. The molecule has 1 heterocycles. The van der Waals surface area contributed by atoms with Crippen LogP contribution in [-0.4, -0.2) is 24.8 Å². The highest BCUT2D eigenvalue weighted by Gasteiger charge is 2.34. The quantitative estimate of drug-likeness (QED) is 0.829. The van der Waals surface area contributed by atoms with Gasteiger partial charge in [0.25, 0.3) is 0 Å². The van der Waals surface area contributed by atoms with E-state index in [9.17, 15) is 14.4 Å². The van der Waals surface area contributed by atoms with Crippen molar-refractivity contribution in [3.63, 3.8) is 0 Å². The molecule has 0 radical (unpaired) electrons. The maximum atomic E-state index is 11.4. The van der Waals surface area contributed by atoms with Crippen LogP contribution in [0.5, 0.6) is 0 Å². The summed E-state index contributed by atoms with van der Waals surface area (Å²) in [5, 5.41) is 8.78. The Hall–Kier alpha value is -0.910. The summed E-state index contributed by atoms with van der Waals surface area (Å²) in [6.45, 7) is 0.